The van der Waals surface area contributed by atoms with Crippen LogP contribution >= 0.6 is 0 Å². The summed E-state index contributed by atoms with van der Waals surface area (Å²) in [6.45, 7) is 4.34. The van der Waals surface area contributed by atoms with Crippen molar-refractivity contribution in [3.63, 3.8) is 0 Å². The Bertz CT molecular complexity index is 1060. The molecule has 0 aliphatic rings. The van der Waals surface area contributed by atoms with E-state index in [4.69, 9.17) is 4.74 Å². The number of anilines is 3. The molecule has 0 saturated carbocycles. The molecule has 0 bridgehead atoms. The molecular formula is C27H30N2O3. The Kier molecular flexibility index (Phi) is 8.03. The molecule has 32 heavy (non-hydrogen) atoms. The Morgan fingerprint density at radius 2 is 1.56 bits per heavy atom. The molecular weight excluding hydrogens is 400 g/mol. The van der Waals surface area contributed by atoms with Crippen LogP contribution < -0.4 is 15.4 Å². The number of hydrogen-bond donors (Lipinski definition) is 2. The van der Waals surface area contributed by atoms with Crippen LogP contribution in [0.3, 0.4) is 0 Å². The zero-order valence-electron chi connectivity index (χ0n) is 18.9. The van der Waals surface area contributed by atoms with E-state index in [1.807, 2.05) is 48.5 Å². The van der Waals surface area contributed by atoms with Gasteiger partial charge in [0.25, 0.3) is 5.91 Å². The van der Waals surface area contributed by atoms with Gasteiger partial charge in [-0.15, -0.1) is 0 Å². The smallest absolute Gasteiger partial charge is 0.255 e. The maximum Gasteiger partial charge on any atom is 0.255 e. The van der Waals surface area contributed by atoms with E-state index in [9.17, 15) is 9.59 Å². The standard InChI is InChI=1S/C27H30N2O3/c1-19(2)7-4-12-26(30)20-13-15-22(16-14-20)28-23-9-6-10-24(18-23)29-27(31)21-8-5-11-25(17-21)32-3/h5-6,8-11,13-19,28H,4,7,12H2,1-3H3,(H,29,31). The average molecular weight is 431 g/mol. The first-order valence-corrected chi connectivity index (χ1v) is 10.9. The molecule has 166 valence electrons. The van der Waals surface area contributed by atoms with E-state index in [0.29, 0.717) is 29.3 Å². The third-order valence-corrected chi connectivity index (χ3v) is 5.13. The number of nitrogens with one attached hydrogen (secondary N) is 2. The Morgan fingerprint density at radius 3 is 2.28 bits per heavy atom. The highest BCUT2D eigenvalue weighted by Gasteiger charge is 2.09. The van der Waals surface area contributed by atoms with Gasteiger partial charge in [0, 0.05) is 34.6 Å². The van der Waals surface area contributed by atoms with Gasteiger partial charge in [-0.3, -0.25) is 9.59 Å². The van der Waals surface area contributed by atoms with Crippen LogP contribution in [0.1, 0.15) is 53.8 Å². The molecule has 3 rings (SSSR count). The fourth-order valence-electron chi connectivity index (χ4n) is 3.36. The van der Waals surface area contributed by atoms with Crippen molar-refractivity contribution in [3.8, 4) is 5.75 Å². The van der Waals surface area contributed by atoms with Crippen LogP contribution in [0.15, 0.2) is 72.8 Å². The van der Waals surface area contributed by atoms with E-state index < -0.39 is 0 Å². The molecule has 0 saturated heterocycles. The highest BCUT2D eigenvalue weighted by molar-refractivity contribution is 6.04. The van der Waals surface area contributed by atoms with Crippen LogP contribution in [-0.4, -0.2) is 18.8 Å². The summed E-state index contributed by atoms with van der Waals surface area (Å²) in [6.07, 6.45) is 2.57. The first kappa shape index (κ1) is 23.1. The molecule has 3 aromatic carbocycles. The van der Waals surface area contributed by atoms with Gasteiger partial charge in [0.05, 0.1) is 7.11 Å². The quantitative estimate of drug-likeness (QED) is 0.351. The lowest BCUT2D eigenvalue weighted by molar-refractivity contribution is 0.0977. The molecule has 0 fully saturated rings. The fraction of sp³-hybridized carbons (Fsp3) is 0.259. The van der Waals surface area contributed by atoms with Crippen molar-refractivity contribution in [2.24, 2.45) is 5.92 Å². The van der Waals surface area contributed by atoms with Gasteiger partial charge in [-0.2, -0.15) is 0 Å². The Morgan fingerprint density at radius 1 is 0.844 bits per heavy atom. The number of ether oxygens (including phenoxy) is 1. The lowest BCUT2D eigenvalue weighted by Gasteiger charge is -2.11. The highest BCUT2D eigenvalue weighted by atomic mass is 16.5. The lowest BCUT2D eigenvalue weighted by atomic mass is 10.0. The molecule has 0 heterocycles. The second-order valence-corrected chi connectivity index (χ2v) is 8.18. The Hall–Kier alpha value is -3.60. The zero-order valence-corrected chi connectivity index (χ0v) is 18.9. The maximum atomic E-state index is 12.5. The number of Topliss-reactive ketones (excluding diaryl/α,β-unsaturated/α-hetero) is 1. The number of carbonyl (C=O) groups excluding carboxylic acids is 2. The predicted molar refractivity (Wildman–Crippen MR) is 130 cm³/mol. The van der Waals surface area contributed by atoms with Crippen LogP contribution in [-0.2, 0) is 0 Å². The SMILES string of the molecule is COc1cccc(C(=O)Nc2cccc(Nc3ccc(C(=O)CCCC(C)C)cc3)c2)c1. The van der Waals surface area contributed by atoms with Crippen molar-refractivity contribution >= 4 is 28.8 Å². The number of benzene rings is 3. The number of hydrogen-bond acceptors (Lipinski definition) is 4. The van der Waals surface area contributed by atoms with Crippen LogP contribution in [0.25, 0.3) is 0 Å². The molecule has 5 nitrogen and oxygen atoms in total. The van der Waals surface area contributed by atoms with Crippen LogP contribution in [0.5, 0.6) is 5.75 Å². The van der Waals surface area contributed by atoms with Gasteiger partial charge < -0.3 is 15.4 Å². The van der Waals surface area contributed by atoms with Crippen molar-refractivity contribution in [2.75, 3.05) is 17.7 Å². The van der Waals surface area contributed by atoms with Crippen LogP contribution in [0, 0.1) is 5.92 Å². The van der Waals surface area contributed by atoms with Crippen molar-refractivity contribution in [1.29, 1.82) is 0 Å². The van der Waals surface area contributed by atoms with Crippen LogP contribution in [0.4, 0.5) is 17.1 Å². The van der Waals surface area contributed by atoms with E-state index in [1.165, 1.54) is 0 Å². The number of methoxy groups -OCH3 is 1. The number of amides is 1. The lowest BCUT2D eigenvalue weighted by Crippen LogP contribution is -2.12. The van der Waals surface area contributed by atoms with Crippen molar-refractivity contribution in [3.05, 3.63) is 83.9 Å². The van der Waals surface area contributed by atoms with E-state index in [0.717, 1.165) is 29.8 Å². The second kappa shape index (κ2) is 11.1. The Labute approximate surface area is 189 Å². The summed E-state index contributed by atoms with van der Waals surface area (Å²) in [5, 5.41) is 6.23. The van der Waals surface area contributed by atoms with Crippen molar-refractivity contribution in [1.82, 2.24) is 0 Å². The molecule has 0 spiro atoms. The van der Waals surface area contributed by atoms with Gasteiger partial charge >= 0.3 is 0 Å². The molecule has 0 aliphatic heterocycles. The summed E-state index contributed by atoms with van der Waals surface area (Å²) in [4.78, 5) is 24.9. The molecule has 2 N–H and O–H groups in total. The molecule has 0 aromatic heterocycles. The number of ketones is 1. The molecule has 0 unspecified atom stereocenters. The summed E-state index contributed by atoms with van der Waals surface area (Å²) in [5.41, 5.74) is 3.65. The molecule has 0 aliphatic carbocycles. The molecule has 0 atom stereocenters. The first-order chi connectivity index (χ1) is 15.4. The van der Waals surface area contributed by atoms with E-state index in [2.05, 4.69) is 24.5 Å². The van der Waals surface area contributed by atoms with Crippen LogP contribution in [0.2, 0.25) is 0 Å². The van der Waals surface area contributed by atoms with Gasteiger partial charge in [0.1, 0.15) is 5.75 Å². The highest BCUT2D eigenvalue weighted by Crippen LogP contribution is 2.22. The first-order valence-electron chi connectivity index (χ1n) is 10.9. The summed E-state index contributed by atoms with van der Waals surface area (Å²) >= 11 is 0. The van der Waals surface area contributed by atoms with Crippen molar-refractivity contribution < 1.29 is 14.3 Å². The monoisotopic (exact) mass is 430 g/mol. The molecule has 5 heteroatoms. The summed E-state index contributed by atoms with van der Waals surface area (Å²) < 4.78 is 5.18. The minimum atomic E-state index is -0.207. The van der Waals surface area contributed by atoms with Gasteiger partial charge in [-0.1, -0.05) is 32.4 Å². The summed E-state index contributed by atoms with van der Waals surface area (Å²) in [5.74, 6) is 1.22. The third kappa shape index (κ3) is 6.71. The van der Waals surface area contributed by atoms with Gasteiger partial charge in [-0.25, -0.2) is 0 Å². The minimum absolute atomic E-state index is 0.180. The molecule has 1 amide bonds. The largest absolute Gasteiger partial charge is 0.497 e. The van der Waals surface area contributed by atoms with E-state index in [-0.39, 0.29) is 11.7 Å². The van der Waals surface area contributed by atoms with E-state index in [1.54, 1.807) is 31.4 Å². The van der Waals surface area contributed by atoms with Gasteiger partial charge in [0.15, 0.2) is 5.78 Å². The van der Waals surface area contributed by atoms with Gasteiger partial charge in [-0.05, 0) is 73.0 Å². The average Bonchev–Trinajstić information content (AvgIpc) is 2.79. The minimum Gasteiger partial charge on any atom is -0.497 e. The van der Waals surface area contributed by atoms with Gasteiger partial charge in [0.2, 0.25) is 0 Å². The zero-order chi connectivity index (χ0) is 22.9. The summed E-state index contributed by atoms with van der Waals surface area (Å²) in [7, 11) is 1.57. The van der Waals surface area contributed by atoms with Crippen molar-refractivity contribution in [2.45, 2.75) is 33.1 Å². The molecule has 0 radical (unpaired) electrons. The Balaban J connectivity index is 1.60. The third-order valence-electron chi connectivity index (χ3n) is 5.13. The maximum absolute atomic E-state index is 12.5. The fourth-order valence-corrected chi connectivity index (χ4v) is 3.36. The predicted octanol–water partition coefficient (Wildman–Crippen LogP) is 6.70. The second-order valence-electron chi connectivity index (χ2n) is 8.18. The topological polar surface area (TPSA) is 67.4 Å². The number of rotatable bonds is 10. The normalized spacial score (nSPS) is 10.6. The van der Waals surface area contributed by atoms with E-state index >= 15 is 0 Å². The number of carbonyl (C=O) groups is 2. The summed E-state index contributed by atoms with van der Waals surface area (Å²) in [6, 6.07) is 22.0. The molecule has 3 aromatic rings.